The van der Waals surface area contributed by atoms with Crippen LogP contribution in [0.15, 0.2) is 65.7 Å². The number of aromatic nitrogens is 1. The summed E-state index contributed by atoms with van der Waals surface area (Å²) < 4.78 is 0. The number of hydrogen-bond acceptors (Lipinski definition) is 2. The Hall–Kier alpha value is -2.45. The largest absolute Gasteiger partial charge is 0.237 e. The molecule has 0 spiro atoms. The minimum Gasteiger partial charge on any atom is -0.237 e. The Morgan fingerprint density at radius 1 is 0.946 bits per heavy atom. The summed E-state index contributed by atoms with van der Waals surface area (Å²) in [6.07, 6.45) is 5.23. The normalized spacial score (nSPS) is 20.8. The number of benzene rings is 2. The molecule has 0 amide bonds. The number of aryl methyl sites for hydroxylation is 1. The first-order valence-electron chi connectivity index (χ1n) is 14.0. The van der Waals surface area contributed by atoms with E-state index in [4.69, 9.17) is 21.6 Å². The second-order valence-corrected chi connectivity index (χ2v) is 12.3. The number of hydrogen-bond donors (Lipinski definition) is 0. The van der Waals surface area contributed by atoms with Crippen molar-refractivity contribution in [3.63, 3.8) is 0 Å². The lowest BCUT2D eigenvalue weighted by Gasteiger charge is -2.51. The van der Waals surface area contributed by atoms with E-state index in [-0.39, 0.29) is 0 Å². The number of aliphatic imine (C=N–C) groups is 1. The van der Waals surface area contributed by atoms with E-state index in [2.05, 4.69) is 97.0 Å². The fourth-order valence-corrected chi connectivity index (χ4v) is 6.63. The zero-order chi connectivity index (χ0) is 26.7. The highest BCUT2D eigenvalue weighted by atomic mass is 35.5. The predicted molar refractivity (Wildman–Crippen MR) is 161 cm³/mol. The van der Waals surface area contributed by atoms with Crippen LogP contribution >= 0.6 is 11.6 Å². The first-order chi connectivity index (χ1) is 17.6. The maximum Gasteiger partial charge on any atom is 0.155 e. The van der Waals surface area contributed by atoms with Gasteiger partial charge in [-0.1, -0.05) is 114 Å². The van der Waals surface area contributed by atoms with Gasteiger partial charge in [0.05, 0.1) is 10.7 Å². The van der Waals surface area contributed by atoms with Gasteiger partial charge in [-0.2, -0.15) is 0 Å². The van der Waals surface area contributed by atoms with E-state index < -0.39 is 0 Å². The summed E-state index contributed by atoms with van der Waals surface area (Å²) in [7, 11) is 0. The summed E-state index contributed by atoms with van der Waals surface area (Å²) in [5.41, 5.74) is 7.02. The van der Waals surface area contributed by atoms with Crippen LogP contribution in [0.25, 0.3) is 22.4 Å². The van der Waals surface area contributed by atoms with Gasteiger partial charge in [0.15, 0.2) is 5.82 Å². The molecule has 1 fully saturated rings. The van der Waals surface area contributed by atoms with Crippen LogP contribution in [0, 0.1) is 36.0 Å². The van der Waals surface area contributed by atoms with E-state index in [1.54, 1.807) is 0 Å². The van der Waals surface area contributed by atoms with Gasteiger partial charge < -0.3 is 0 Å². The number of halogens is 1. The van der Waals surface area contributed by atoms with Gasteiger partial charge in [0.2, 0.25) is 0 Å². The summed E-state index contributed by atoms with van der Waals surface area (Å²) in [5, 5.41) is 0.669. The van der Waals surface area contributed by atoms with Crippen molar-refractivity contribution >= 4 is 23.1 Å². The smallest absolute Gasteiger partial charge is 0.155 e. The monoisotopic (exact) mass is 514 g/mol. The van der Waals surface area contributed by atoms with E-state index in [1.807, 2.05) is 12.1 Å². The van der Waals surface area contributed by atoms with Crippen LogP contribution in [-0.4, -0.2) is 10.7 Å². The molecule has 1 saturated carbocycles. The van der Waals surface area contributed by atoms with E-state index in [0.29, 0.717) is 22.3 Å². The molecule has 1 unspecified atom stereocenters. The fourth-order valence-electron chi connectivity index (χ4n) is 6.31. The highest BCUT2D eigenvalue weighted by Gasteiger charge is 2.45. The molecule has 1 heterocycles. The summed E-state index contributed by atoms with van der Waals surface area (Å²) in [6.45, 7) is 16.1. The molecule has 3 heteroatoms. The molecule has 0 saturated heterocycles. The lowest BCUT2D eigenvalue weighted by molar-refractivity contribution is -0.00549. The molecule has 2 aromatic carbocycles. The molecule has 0 bridgehead atoms. The van der Waals surface area contributed by atoms with Gasteiger partial charge in [0, 0.05) is 11.3 Å². The molecule has 1 atom stereocenters. The topological polar surface area (TPSA) is 25.2 Å². The van der Waals surface area contributed by atoms with Crippen LogP contribution in [0.2, 0.25) is 5.02 Å². The van der Waals surface area contributed by atoms with Crippen molar-refractivity contribution in [1.29, 1.82) is 0 Å². The summed E-state index contributed by atoms with van der Waals surface area (Å²) >= 11 is 6.70. The van der Waals surface area contributed by atoms with Crippen LogP contribution in [0.5, 0.6) is 0 Å². The molecule has 196 valence electrons. The molecule has 2 nitrogen and oxygen atoms in total. The highest BCUT2D eigenvalue weighted by molar-refractivity contribution is 6.33. The number of pyridine rings is 1. The third-order valence-corrected chi connectivity index (χ3v) is 9.03. The Labute approximate surface area is 229 Å². The van der Waals surface area contributed by atoms with Crippen LogP contribution in [0.3, 0.4) is 0 Å². The van der Waals surface area contributed by atoms with Gasteiger partial charge in [-0.05, 0) is 78.0 Å². The van der Waals surface area contributed by atoms with Crippen molar-refractivity contribution in [2.45, 2.75) is 74.1 Å². The Morgan fingerprint density at radius 3 is 2.11 bits per heavy atom. The third-order valence-electron chi connectivity index (χ3n) is 8.74. The predicted octanol–water partition coefficient (Wildman–Crippen LogP) is 10.6. The molecule has 4 rings (SSSR count). The third kappa shape index (κ3) is 6.01. The van der Waals surface area contributed by atoms with Crippen LogP contribution in [0.4, 0.5) is 5.82 Å². The lowest BCUT2D eigenvalue weighted by atomic mass is 9.54. The zero-order valence-electron chi connectivity index (χ0n) is 23.7. The summed E-state index contributed by atoms with van der Waals surface area (Å²) in [4.78, 5) is 10.2. The van der Waals surface area contributed by atoms with E-state index in [1.165, 1.54) is 42.5 Å². The molecule has 0 radical (unpaired) electrons. The van der Waals surface area contributed by atoms with Crippen LogP contribution < -0.4 is 0 Å². The first kappa shape index (κ1) is 27.6. The van der Waals surface area contributed by atoms with Crippen molar-refractivity contribution in [2.24, 2.45) is 34.1 Å². The summed E-state index contributed by atoms with van der Waals surface area (Å²) in [6, 6.07) is 20.9. The minimum atomic E-state index is 0.376. The van der Waals surface area contributed by atoms with Gasteiger partial charge >= 0.3 is 0 Å². The number of nitrogens with zero attached hydrogens (tertiary/aromatic N) is 2. The van der Waals surface area contributed by atoms with Gasteiger partial charge in [0.25, 0.3) is 0 Å². The van der Waals surface area contributed by atoms with Gasteiger partial charge in [-0.3, -0.25) is 0 Å². The summed E-state index contributed by atoms with van der Waals surface area (Å²) in [5.74, 6) is 3.18. The van der Waals surface area contributed by atoms with Crippen molar-refractivity contribution in [3.8, 4) is 22.4 Å². The first-order valence-corrected chi connectivity index (χ1v) is 14.4. The average Bonchev–Trinajstić information content (AvgIpc) is 2.85. The zero-order valence-corrected chi connectivity index (χ0v) is 24.4. The van der Waals surface area contributed by atoms with Crippen molar-refractivity contribution in [3.05, 3.63) is 71.2 Å². The second-order valence-electron chi connectivity index (χ2n) is 11.9. The van der Waals surface area contributed by atoms with Crippen molar-refractivity contribution < 1.29 is 0 Å². The molecule has 37 heavy (non-hydrogen) atoms. The Balaban J connectivity index is 1.57. The highest BCUT2D eigenvalue weighted by Crippen LogP contribution is 2.55. The molecular formula is C34H43ClN2. The maximum absolute atomic E-state index is 6.70. The van der Waals surface area contributed by atoms with Crippen molar-refractivity contribution in [2.75, 3.05) is 0 Å². The van der Waals surface area contributed by atoms with Crippen LogP contribution in [0.1, 0.15) is 72.8 Å². The molecular weight excluding hydrogens is 472 g/mol. The standard InChI is InChI=1S/C34H43ClN2/c1-8-34(23(4)5)20-26(21-34)18-24(6)31(22(2)3)36-33-25(7)19-30(35)32(37-33)29-16-14-28(15-17-29)27-12-10-9-11-13-27/h9-17,19,22-24,26H,8,18,20-21H2,1-7H3. The minimum absolute atomic E-state index is 0.376. The average molecular weight is 515 g/mol. The molecule has 1 aromatic heterocycles. The van der Waals surface area contributed by atoms with Crippen molar-refractivity contribution in [1.82, 2.24) is 4.98 Å². The molecule has 0 aliphatic heterocycles. The van der Waals surface area contributed by atoms with E-state index in [0.717, 1.165) is 34.5 Å². The van der Waals surface area contributed by atoms with Gasteiger partial charge in [0.1, 0.15) is 0 Å². The SMILES string of the molecule is CCC1(C(C)C)CC(CC(C)C(=Nc2nc(-c3ccc(-c4ccccc4)cc3)c(Cl)cc2C)C(C)C)C1. The molecule has 1 aliphatic carbocycles. The molecule has 1 aliphatic rings. The fraction of sp³-hybridized carbons (Fsp3) is 0.471. The van der Waals surface area contributed by atoms with Gasteiger partial charge in [-0.25, -0.2) is 9.98 Å². The molecule has 0 N–H and O–H groups in total. The lowest BCUT2D eigenvalue weighted by Crippen LogP contribution is -2.42. The Bertz CT molecular complexity index is 1220. The second kappa shape index (κ2) is 11.5. The van der Waals surface area contributed by atoms with Crippen LogP contribution in [-0.2, 0) is 0 Å². The number of rotatable bonds is 9. The Kier molecular flexibility index (Phi) is 8.59. The van der Waals surface area contributed by atoms with Gasteiger partial charge in [-0.15, -0.1) is 0 Å². The van der Waals surface area contributed by atoms with E-state index in [9.17, 15) is 0 Å². The van der Waals surface area contributed by atoms with E-state index >= 15 is 0 Å². The molecule has 3 aromatic rings. The Morgan fingerprint density at radius 2 is 1.54 bits per heavy atom. The quantitative estimate of drug-likeness (QED) is 0.260. The maximum atomic E-state index is 6.70.